The summed E-state index contributed by atoms with van der Waals surface area (Å²) in [6.45, 7) is 0.772. The van der Waals surface area contributed by atoms with Gasteiger partial charge in [-0.2, -0.15) is 0 Å². The van der Waals surface area contributed by atoms with Gasteiger partial charge in [-0.05, 0) is 24.5 Å². The van der Waals surface area contributed by atoms with E-state index in [2.05, 4.69) is 41.9 Å². The number of para-hydroxylation sites is 2. The second kappa shape index (κ2) is 5.41. The zero-order chi connectivity index (χ0) is 13.1. The quantitative estimate of drug-likeness (QED) is 0.691. The topological polar surface area (TPSA) is 25.2 Å². The van der Waals surface area contributed by atoms with Crippen LogP contribution in [0.15, 0.2) is 64.1 Å². The van der Waals surface area contributed by atoms with Crippen LogP contribution in [-0.2, 0) is 6.54 Å². The highest BCUT2D eigenvalue weighted by Gasteiger charge is 2.05. The Bertz CT molecular complexity index is 690. The number of furan rings is 1. The lowest BCUT2D eigenvalue weighted by Gasteiger charge is -2.09. The summed E-state index contributed by atoms with van der Waals surface area (Å²) < 4.78 is 5.55. The molecule has 0 fully saturated rings. The van der Waals surface area contributed by atoms with Crippen LogP contribution in [0.4, 0.5) is 5.69 Å². The first-order valence-corrected chi connectivity index (χ1v) is 7.43. The number of nitrogens with one attached hydrogen (secondary N) is 1. The van der Waals surface area contributed by atoms with Crippen LogP contribution in [-0.4, -0.2) is 6.26 Å². The third kappa shape index (κ3) is 2.47. The highest BCUT2D eigenvalue weighted by Crippen LogP contribution is 2.26. The Labute approximate surface area is 116 Å². The van der Waals surface area contributed by atoms with Gasteiger partial charge >= 0.3 is 0 Å². The summed E-state index contributed by atoms with van der Waals surface area (Å²) in [7, 11) is 0. The molecule has 0 spiro atoms. The van der Waals surface area contributed by atoms with E-state index in [1.807, 2.05) is 24.5 Å². The lowest BCUT2D eigenvalue weighted by molar-refractivity contribution is 0.611. The molecule has 0 saturated carbocycles. The summed E-state index contributed by atoms with van der Waals surface area (Å²) in [5, 5.41) is 4.66. The molecule has 0 aliphatic carbocycles. The zero-order valence-corrected chi connectivity index (χ0v) is 11.5. The van der Waals surface area contributed by atoms with Gasteiger partial charge in [0.15, 0.2) is 0 Å². The molecule has 2 nitrogen and oxygen atoms in total. The standard InChI is InChI=1S/C16H15NOS/c1-19-16-9-5-3-7-14(16)17-10-12-11-18-15-8-4-2-6-13(12)15/h2-9,11,17H,10H2,1H3. The molecule has 3 aromatic rings. The van der Waals surface area contributed by atoms with Crippen LogP contribution in [0, 0.1) is 0 Å². The lowest BCUT2D eigenvalue weighted by Crippen LogP contribution is -1.99. The van der Waals surface area contributed by atoms with Crippen LogP contribution in [0.5, 0.6) is 0 Å². The van der Waals surface area contributed by atoms with Crippen LogP contribution < -0.4 is 5.32 Å². The third-order valence-corrected chi connectivity index (χ3v) is 3.93. The van der Waals surface area contributed by atoms with Crippen molar-refractivity contribution < 1.29 is 4.42 Å². The predicted octanol–water partition coefficient (Wildman–Crippen LogP) is 4.77. The maximum Gasteiger partial charge on any atom is 0.134 e. The Morgan fingerprint density at radius 2 is 1.84 bits per heavy atom. The van der Waals surface area contributed by atoms with E-state index in [1.54, 1.807) is 11.8 Å². The molecule has 1 N–H and O–H groups in total. The minimum absolute atomic E-state index is 0.772. The molecule has 3 heteroatoms. The maximum atomic E-state index is 5.55. The summed E-state index contributed by atoms with van der Waals surface area (Å²) in [6, 6.07) is 16.5. The predicted molar refractivity (Wildman–Crippen MR) is 81.8 cm³/mol. The molecule has 0 bridgehead atoms. The van der Waals surface area contributed by atoms with E-state index in [9.17, 15) is 0 Å². The molecule has 0 unspecified atom stereocenters. The molecule has 3 rings (SSSR count). The Hall–Kier alpha value is -1.87. The molecule has 19 heavy (non-hydrogen) atoms. The fourth-order valence-electron chi connectivity index (χ4n) is 2.15. The van der Waals surface area contributed by atoms with Crippen molar-refractivity contribution in [1.82, 2.24) is 0 Å². The minimum Gasteiger partial charge on any atom is -0.464 e. The van der Waals surface area contributed by atoms with Crippen molar-refractivity contribution in [2.24, 2.45) is 0 Å². The number of benzene rings is 2. The van der Waals surface area contributed by atoms with Crippen molar-refractivity contribution >= 4 is 28.4 Å². The molecule has 1 aromatic heterocycles. The lowest BCUT2D eigenvalue weighted by atomic mass is 10.2. The Morgan fingerprint density at radius 1 is 1.05 bits per heavy atom. The van der Waals surface area contributed by atoms with Crippen LogP contribution in [0.3, 0.4) is 0 Å². The fraction of sp³-hybridized carbons (Fsp3) is 0.125. The average Bonchev–Trinajstić information content (AvgIpc) is 2.89. The summed E-state index contributed by atoms with van der Waals surface area (Å²) in [5.41, 5.74) is 3.30. The smallest absolute Gasteiger partial charge is 0.134 e. The van der Waals surface area contributed by atoms with E-state index < -0.39 is 0 Å². The largest absolute Gasteiger partial charge is 0.464 e. The number of hydrogen-bond donors (Lipinski definition) is 1. The van der Waals surface area contributed by atoms with Crippen molar-refractivity contribution in [2.75, 3.05) is 11.6 Å². The maximum absolute atomic E-state index is 5.55. The molecule has 0 aliphatic heterocycles. The van der Waals surface area contributed by atoms with E-state index in [0.717, 1.165) is 12.1 Å². The molecule has 0 amide bonds. The minimum atomic E-state index is 0.772. The van der Waals surface area contributed by atoms with Gasteiger partial charge < -0.3 is 9.73 Å². The molecule has 0 saturated heterocycles. The Morgan fingerprint density at radius 3 is 2.74 bits per heavy atom. The van der Waals surface area contributed by atoms with E-state index in [-0.39, 0.29) is 0 Å². The average molecular weight is 269 g/mol. The molecule has 1 heterocycles. The van der Waals surface area contributed by atoms with Crippen molar-refractivity contribution in [3.05, 3.63) is 60.4 Å². The van der Waals surface area contributed by atoms with Crippen LogP contribution in [0.2, 0.25) is 0 Å². The first kappa shape index (κ1) is 12.2. The van der Waals surface area contributed by atoms with Gasteiger partial charge in [-0.1, -0.05) is 30.3 Å². The van der Waals surface area contributed by atoms with Gasteiger partial charge in [0.25, 0.3) is 0 Å². The van der Waals surface area contributed by atoms with Gasteiger partial charge in [0.1, 0.15) is 5.58 Å². The van der Waals surface area contributed by atoms with Crippen LogP contribution in [0.1, 0.15) is 5.56 Å². The monoisotopic (exact) mass is 269 g/mol. The van der Waals surface area contributed by atoms with Crippen LogP contribution in [0.25, 0.3) is 11.0 Å². The molecule has 2 aromatic carbocycles. The summed E-state index contributed by atoms with van der Waals surface area (Å²) >= 11 is 1.75. The summed E-state index contributed by atoms with van der Waals surface area (Å²) in [5.74, 6) is 0. The Balaban J connectivity index is 1.82. The molecule has 0 radical (unpaired) electrons. The van der Waals surface area contributed by atoms with E-state index in [4.69, 9.17) is 4.42 Å². The molecule has 0 aliphatic rings. The Kier molecular flexibility index (Phi) is 3.47. The molecular formula is C16H15NOS. The van der Waals surface area contributed by atoms with Gasteiger partial charge in [0.05, 0.1) is 6.26 Å². The van der Waals surface area contributed by atoms with Crippen molar-refractivity contribution in [3.63, 3.8) is 0 Å². The van der Waals surface area contributed by atoms with Gasteiger partial charge in [-0.3, -0.25) is 0 Å². The summed E-state index contributed by atoms with van der Waals surface area (Å²) in [4.78, 5) is 1.26. The second-order valence-corrected chi connectivity index (χ2v) is 5.16. The summed E-state index contributed by atoms with van der Waals surface area (Å²) in [6.07, 6.45) is 3.92. The molecule has 96 valence electrons. The van der Waals surface area contributed by atoms with Crippen molar-refractivity contribution in [1.29, 1.82) is 0 Å². The third-order valence-electron chi connectivity index (χ3n) is 3.14. The second-order valence-electron chi connectivity index (χ2n) is 4.31. The number of anilines is 1. The first-order valence-electron chi connectivity index (χ1n) is 6.20. The fourth-order valence-corrected chi connectivity index (χ4v) is 2.73. The number of fused-ring (bicyclic) bond motifs is 1. The SMILES string of the molecule is CSc1ccccc1NCc1coc2ccccc12. The van der Waals surface area contributed by atoms with Gasteiger partial charge in [0.2, 0.25) is 0 Å². The van der Waals surface area contributed by atoms with Gasteiger partial charge in [0, 0.05) is 28.1 Å². The molecule has 0 atom stereocenters. The number of hydrogen-bond acceptors (Lipinski definition) is 3. The normalized spacial score (nSPS) is 10.8. The highest BCUT2D eigenvalue weighted by atomic mass is 32.2. The van der Waals surface area contributed by atoms with E-state index in [1.165, 1.54) is 21.5 Å². The zero-order valence-electron chi connectivity index (χ0n) is 10.7. The number of rotatable bonds is 4. The van der Waals surface area contributed by atoms with Gasteiger partial charge in [-0.15, -0.1) is 11.8 Å². The molecular weight excluding hydrogens is 254 g/mol. The van der Waals surface area contributed by atoms with Gasteiger partial charge in [-0.25, -0.2) is 0 Å². The van der Waals surface area contributed by atoms with Crippen molar-refractivity contribution in [3.8, 4) is 0 Å². The van der Waals surface area contributed by atoms with E-state index >= 15 is 0 Å². The first-order chi connectivity index (χ1) is 9.38. The highest BCUT2D eigenvalue weighted by molar-refractivity contribution is 7.98. The number of thioether (sulfide) groups is 1. The van der Waals surface area contributed by atoms with E-state index in [0.29, 0.717) is 0 Å². The van der Waals surface area contributed by atoms with Crippen LogP contribution >= 0.6 is 11.8 Å². The van der Waals surface area contributed by atoms with Crippen molar-refractivity contribution in [2.45, 2.75) is 11.4 Å².